The summed E-state index contributed by atoms with van der Waals surface area (Å²) in [5.41, 5.74) is -0.216. The molecule has 0 bridgehead atoms. The van der Waals surface area contributed by atoms with Crippen LogP contribution in [0.2, 0.25) is 10.0 Å². The second-order valence-electron chi connectivity index (χ2n) is 4.28. The van der Waals surface area contributed by atoms with Crippen LogP contribution in [0.25, 0.3) is 0 Å². The quantitative estimate of drug-likeness (QED) is 0.415. The van der Waals surface area contributed by atoms with Crippen LogP contribution >= 0.6 is 47.2 Å². The smallest absolute Gasteiger partial charge is 0.256 e. The number of hydrogen-bond acceptors (Lipinski definition) is 3. The molecule has 0 aliphatic carbocycles. The van der Waals surface area contributed by atoms with E-state index in [4.69, 9.17) is 23.2 Å². The van der Waals surface area contributed by atoms with Crippen LogP contribution < -0.4 is 0 Å². The summed E-state index contributed by atoms with van der Waals surface area (Å²) in [6.07, 6.45) is -2.99. The number of benzene rings is 2. The van der Waals surface area contributed by atoms with Crippen LogP contribution in [0.1, 0.15) is 5.56 Å². The molecule has 0 fully saturated rings. The van der Waals surface area contributed by atoms with Crippen LogP contribution in [-0.4, -0.2) is 11.6 Å². The number of rotatable bonds is 4. The second kappa shape index (κ2) is 7.66. The fourth-order valence-electron chi connectivity index (χ4n) is 1.69. The van der Waals surface area contributed by atoms with Crippen LogP contribution in [0.15, 0.2) is 51.2 Å². The van der Waals surface area contributed by atoms with Gasteiger partial charge in [-0.1, -0.05) is 53.2 Å². The van der Waals surface area contributed by atoms with E-state index in [1.54, 1.807) is 18.2 Å². The third-order valence-corrected chi connectivity index (χ3v) is 4.72. The highest BCUT2D eigenvalue weighted by molar-refractivity contribution is 7.99. The third-order valence-electron chi connectivity index (χ3n) is 2.65. The summed E-state index contributed by atoms with van der Waals surface area (Å²) in [4.78, 5) is 4.88. The Morgan fingerprint density at radius 1 is 1.09 bits per heavy atom. The van der Waals surface area contributed by atoms with Crippen LogP contribution in [-0.2, 0) is 6.18 Å². The third kappa shape index (κ3) is 4.94. The molecule has 0 aromatic heterocycles. The van der Waals surface area contributed by atoms with E-state index in [-0.39, 0.29) is 0 Å². The standard InChI is InChI=1S/C15H8Cl2F3NS2/c16-12-7-10(21-4-5-22)8-13(17)14(12)23-11-3-1-2-9(6-11)15(18,19)20/h1-8H. The SMILES string of the molecule is FC(F)(F)c1cccc(Sc2c(Cl)cc(N=CC=S)cc2Cl)c1. The van der Waals surface area contributed by atoms with Crippen molar-refractivity contribution < 1.29 is 13.2 Å². The number of thiocarbonyl (C=S) groups is 1. The van der Waals surface area contributed by atoms with Crippen molar-refractivity contribution in [3.05, 3.63) is 52.0 Å². The Morgan fingerprint density at radius 2 is 1.74 bits per heavy atom. The summed E-state index contributed by atoms with van der Waals surface area (Å²) in [6, 6.07) is 8.10. The van der Waals surface area contributed by atoms with Gasteiger partial charge in [-0.2, -0.15) is 13.2 Å². The summed E-state index contributed by atoms with van der Waals surface area (Å²) < 4.78 is 38.2. The molecular weight excluding hydrogens is 386 g/mol. The molecule has 0 unspecified atom stereocenters. The molecule has 0 amide bonds. The Balaban J connectivity index is 2.34. The molecule has 0 radical (unpaired) electrons. The molecule has 0 spiro atoms. The van der Waals surface area contributed by atoms with Gasteiger partial charge < -0.3 is 0 Å². The summed E-state index contributed by atoms with van der Waals surface area (Å²) in [6.45, 7) is 0. The largest absolute Gasteiger partial charge is 0.416 e. The molecule has 0 N–H and O–H groups in total. The van der Waals surface area contributed by atoms with E-state index < -0.39 is 11.7 Å². The van der Waals surface area contributed by atoms with Gasteiger partial charge in [-0.3, -0.25) is 4.99 Å². The minimum atomic E-state index is -4.40. The molecule has 0 atom stereocenters. The van der Waals surface area contributed by atoms with Gasteiger partial charge in [0.2, 0.25) is 0 Å². The van der Waals surface area contributed by atoms with Gasteiger partial charge in [0, 0.05) is 21.4 Å². The number of hydrogen-bond donors (Lipinski definition) is 0. The van der Waals surface area contributed by atoms with Crippen molar-refractivity contribution in [3.63, 3.8) is 0 Å². The molecule has 2 aromatic rings. The van der Waals surface area contributed by atoms with E-state index in [9.17, 15) is 13.2 Å². The van der Waals surface area contributed by atoms with Crippen LogP contribution in [0, 0.1) is 0 Å². The molecule has 23 heavy (non-hydrogen) atoms. The zero-order valence-corrected chi connectivity index (χ0v) is 14.4. The first-order chi connectivity index (χ1) is 10.8. The topological polar surface area (TPSA) is 12.4 Å². The zero-order valence-electron chi connectivity index (χ0n) is 11.3. The first-order valence-electron chi connectivity index (χ1n) is 6.13. The monoisotopic (exact) mass is 393 g/mol. The lowest BCUT2D eigenvalue weighted by molar-refractivity contribution is -0.137. The van der Waals surface area contributed by atoms with Crippen molar-refractivity contribution in [2.45, 2.75) is 16.0 Å². The van der Waals surface area contributed by atoms with Crippen molar-refractivity contribution in [2.24, 2.45) is 4.99 Å². The van der Waals surface area contributed by atoms with E-state index >= 15 is 0 Å². The predicted octanol–water partition coefficient (Wildman–Crippen LogP) is 6.87. The van der Waals surface area contributed by atoms with Crippen LogP contribution in [0.4, 0.5) is 18.9 Å². The Kier molecular flexibility index (Phi) is 6.08. The Labute approximate surface area is 150 Å². The fourth-order valence-corrected chi connectivity index (χ4v) is 3.34. The van der Waals surface area contributed by atoms with Gasteiger partial charge >= 0.3 is 6.18 Å². The van der Waals surface area contributed by atoms with Gasteiger partial charge in [0.05, 0.1) is 21.3 Å². The lowest BCUT2D eigenvalue weighted by atomic mass is 10.2. The van der Waals surface area contributed by atoms with Gasteiger partial charge in [-0.25, -0.2) is 0 Å². The number of nitrogens with zero attached hydrogens (tertiary/aromatic N) is 1. The minimum absolute atomic E-state index is 0.302. The van der Waals surface area contributed by atoms with E-state index in [1.807, 2.05) is 0 Å². The number of alkyl halides is 3. The normalized spacial score (nSPS) is 11.9. The molecule has 1 nitrogen and oxygen atoms in total. The maximum atomic E-state index is 12.7. The molecule has 0 saturated heterocycles. The summed E-state index contributed by atoms with van der Waals surface area (Å²) in [7, 11) is 0. The average Bonchev–Trinajstić information content (AvgIpc) is 2.48. The van der Waals surface area contributed by atoms with E-state index in [2.05, 4.69) is 17.2 Å². The molecule has 0 aliphatic heterocycles. The highest BCUT2D eigenvalue weighted by Crippen LogP contribution is 2.42. The van der Waals surface area contributed by atoms with E-state index in [0.29, 0.717) is 25.5 Å². The van der Waals surface area contributed by atoms with Gasteiger partial charge in [-0.05, 0) is 30.3 Å². The van der Waals surface area contributed by atoms with Crippen molar-refractivity contribution >= 4 is 64.5 Å². The first-order valence-corrected chi connectivity index (χ1v) is 8.17. The van der Waals surface area contributed by atoms with Gasteiger partial charge in [0.1, 0.15) is 0 Å². The zero-order chi connectivity index (χ0) is 17.0. The first kappa shape index (κ1) is 18.3. The van der Waals surface area contributed by atoms with Crippen molar-refractivity contribution in [2.75, 3.05) is 0 Å². The molecule has 2 aromatic carbocycles. The molecule has 2 rings (SSSR count). The van der Waals surface area contributed by atoms with Crippen molar-refractivity contribution in [3.8, 4) is 0 Å². The van der Waals surface area contributed by atoms with Gasteiger partial charge in [0.15, 0.2) is 0 Å². The maximum Gasteiger partial charge on any atom is 0.416 e. The predicted molar refractivity (Wildman–Crippen MR) is 93.8 cm³/mol. The summed E-state index contributed by atoms with van der Waals surface area (Å²) in [5.74, 6) is 0. The van der Waals surface area contributed by atoms with Gasteiger partial charge in [-0.15, -0.1) is 0 Å². The number of aliphatic imine (C=N–C) groups is 1. The molecule has 120 valence electrons. The molecular formula is C15H8Cl2F3NS2. The van der Waals surface area contributed by atoms with Crippen molar-refractivity contribution in [1.29, 1.82) is 0 Å². The summed E-state index contributed by atoms with van der Waals surface area (Å²) >= 11 is 18.0. The average molecular weight is 394 g/mol. The fraction of sp³-hybridized carbons (Fsp3) is 0.0667. The van der Waals surface area contributed by atoms with E-state index in [1.165, 1.54) is 17.6 Å². The van der Waals surface area contributed by atoms with E-state index in [0.717, 1.165) is 23.9 Å². The van der Waals surface area contributed by atoms with Gasteiger partial charge in [0.25, 0.3) is 0 Å². The molecule has 8 heteroatoms. The summed E-state index contributed by atoms with van der Waals surface area (Å²) in [5, 5.41) is 1.94. The van der Waals surface area contributed by atoms with Crippen LogP contribution in [0.3, 0.4) is 0 Å². The molecule has 0 saturated carbocycles. The molecule has 0 aliphatic rings. The Morgan fingerprint density at radius 3 is 2.30 bits per heavy atom. The number of halogens is 5. The second-order valence-corrected chi connectivity index (χ2v) is 6.45. The minimum Gasteiger partial charge on any atom is -0.256 e. The lowest BCUT2D eigenvalue weighted by Gasteiger charge is -2.10. The maximum absolute atomic E-state index is 12.7. The Hall–Kier alpha value is -1.08. The Bertz CT molecular complexity index is 738. The van der Waals surface area contributed by atoms with Crippen molar-refractivity contribution in [1.82, 2.24) is 0 Å². The highest BCUT2D eigenvalue weighted by atomic mass is 35.5. The lowest BCUT2D eigenvalue weighted by Crippen LogP contribution is -2.04. The van der Waals surface area contributed by atoms with Crippen LogP contribution in [0.5, 0.6) is 0 Å². The highest BCUT2D eigenvalue weighted by Gasteiger charge is 2.30. The molecule has 0 heterocycles.